The van der Waals surface area contributed by atoms with Crippen LogP contribution in [0, 0.1) is 13.8 Å². The van der Waals surface area contributed by atoms with Crippen molar-refractivity contribution in [3.63, 3.8) is 0 Å². The Labute approximate surface area is 92.7 Å². The van der Waals surface area contributed by atoms with E-state index in [-0.39, 0.29) is 0 Å². The molecule has 0 saturated heterocycles. The number of hydrogen-bond acceptors (Lipinski definition) is 2. The largest absolute Gasteiger partial charge is 0.496 e. The van der Waals surface area contributed by atoms with Gasteiger partial charge in [0.25, 0.3) is 0 Å². The number of aryl methyl sites for hydroxylation is 1. The van der Waals surface area contributed by atoms with Gasteiger partial charge in [0.05, 0.1) is 12.8 Å². The van der Waals surface area contributed by atoms with E-state index >= 15 is 0 Å². The predicted molar refractivity (Wildman–Crippen MR) is 63.6 cm³/mol. The lowest BCUT2D eigenvalue weighted by Crippen LogP contribution is -1.98. The van der Waals surface area contributed by atoms with Crippen molar-refractivity contribution in [2.24, 2.45) is 0 Å². The van der Waals surface area contributed by atoms with E-state index in [9.17, 15) is 0 Å². The number of pyridine rings is 1. The molecule has 1 aliphatic carbocycles. The fraction of sp³-hybridized carbons (Fsp3) is 0.615. The third-order valence-corrected chi connectivity index (χ3v) is 2.57. The molecule has 0 aromatic carbocycles. The van der Waals surface area contributed by atoms with E-state index in [4.69, 9.17) is 4.74 Å². The topological polar surface area (TPSA) is 22.1 Å². The highest BCUT2D eigenvalue weighted by atomic mass is 16.5. The summed E-state index contributed by atoms with van der Waals surface area (Å²) in [5, 5.41) is 0. The van der Waals surface area contributed by atoms with Gasteiger partial charge >= 0.3 is 0 Å². The molecule has 1 heterocycles. The number of rotatable bonds is 2. The van der Waals surface area contributed by atoms with Gasteiger partial charge in [0.15, 0.2) is 0 Å². The summed E-state index contributed by atoms with van der Waals surface area (Å²) in [6.07, 6.45) is 2.58. The van der Waals surface area contributed by atoms with Crippen molar-refractivity contribution in [1.29, 1.82) is 0 Å². The zero-order valence-electron chi connectivity index (χ0n) is 10.4. The lowest BCUT2D eigenvalue weighted by molar-refractivity contribution is 0.409. The molecule has 84 valence electrons. The summed E-state index contributed by atoms with van der Waals surface area (Å²) in [6, 6.07) is 2.00. The van der Waals surface area contributed by atoms with Gasteiger partial charge in [0.2, 0.25) is 0 Å². The molecule has 0 bridgehead atoms. The van der Waals surface area contributed by atoms with Gasteiger partial charge in [-0.1, -0.05) is 13.8 Å². The Hall–Kier alpha value is -1.05. The molecule has 1 aromatic heterocycles. The van der Waals surface area contributed by atoms with Crippen molar-refractivity contribution < 1.29 is 4.74 Å². The maximum Gasteiger partial charge on any atom is 0.125 e. The second kappa shape index (κ2) is 5.15. The van der Waals surface area contributed by atoms with E-state index in [0.29, 0.717) is 5.92 Å². The molecule has 2 rings (SSSR count). The third kappa shape index (κ3) is 2.71. The van der Waals surface area contributed by atoms with Gasteiger partial charge < -0.3 is 4.74 Å². The van der Waals surface area contributed by atoms with Crippen molar-refractivity contribution in [2.45, 2.75) is 46.5 Å². The zero-order valence-corrected chi connectivity index (χ0v) is 10.4. The Morgan fingerprint density at radius 3 is 2.33 bits per heavy atom. The van der Waals surface area contributed by atoms with Crippen molar-refractivity contribution in [3.8, 4) is 5.75 Å². The van der Waals surface area contributed by atoms with Crippen LogP contribution in [0.15, 0.2) is 6.07 Å². The summed E-state index contributed by atoms with van der Waals surface area (Å²) in [4.78, 5) is 4.56. The van der Waals surface area contributed by atoms with E-state index < -0.39 is 0 Å². The molecule has 1 aromatic rings. The van der Waals surface area contributed by atoms with Crippen LogP contribution in [0.5, 0.6) is 5.75 Å². The molecule has 0 unspecified atom stereocenters. The van der Waals surface area contributed by atoms with Gasteiger partial charge in [-0.3, -0.25) is 4.98 Å². The van der Waals surface area contributed by atoms with E-state index in [1.54, 1.807) is 7.11 Å². The van der Waals surface area contributed by atoms with Crippen molar-refractivity contribution in [1.82, 2.24) is 4.98 Å². The lowest BCUT2D eigenvalue weighted by Gasteiger charge is -2.09. The fourth-order valence-corrected chi connectivity index (χ4v) is 1.70. The van der Waals surface area contributed by atoms with Crippen molar-refractivity contribution >= 4 is 0 Å². The Morgan fingerprint density at radius 2 is 1.87 bits per heavy atom. The van der Waals surface area contributed by atoms with Crippen molar-refractivity contribution in [2.75, 3.05) is 7.11 Å². The number of nitrogens with zero attached hydrogens (tertiary/aromatic N) is 1. The molecule has 2 nitrogen and oxygen atoms in total. The summed E-state index contributed by atoms with van der Waals surface area (Å²) < 4.78 is 5.30. The molecule has 1 fully saturated rings. The molecule has 0 aliphatic heterocycles. The van der Waals surface area contributed by atoms with Crippen LogP contribution in [0.1, 0.15) is 49.6 Å². The monoisotopic (exact) mass is 207 g/mol. The molecule has 1 aliphatic rings. The molecular formula is C13H21NO. The first kappa shape index (κ1) is 12.0. The second-order valence-electron chi connectivity index (χ2n) is 3.75. The number of ether oxygens (including phenoxy) is 1. The highest BCUT2D eigenvalue weighted by Gasteiger charge is 2.27. The Morgan fingerprint density at radius 1 is 1.27 bits per heavy atom. The van der Waals surface area contributed by atoms with Gasteiger partial charge in [-0.25, -0.2) is 0 Å². The van der Waals surface area contributed by atoms with Crippen LogP contribution in [-0.4, -0.2) is 12.1 Å². The first-order chi connectivity index (χ1) is 7.22. The molecule has 0 N–H and O–H groups in total. The van der Waals surface area contributed by atoms with Crippen LogP contribution in [0.4, 0.5) is 0 Å². The molecule has 15 heavy (non-hydrogen) atoms. The molecule has 0 amide bonds. The van der Waals surface area contributed by atoms with Crippen LogP contribution in [0.2, 0.25) is 0 Å². The average Bonchev–Trinajstić information content (AvgIpc) is 3.07. The predicted octanol–water partition coefficient (Wildman–Crippen LogP) is 3.61. The third-order valence-electron chi connectivity index (χ3n) is 2.57. The van der Waals surface area contributed by atoms with E-state index in [2.05, 4.69) is 11.9 Å². The zero-order chi connectivity index (χ0) is 11.4. The van der Waals surface area contributed by atoms with Crippen LogP contribution >= 0.6 is 0 Å². The van der Waals surface area contributed by atoms with E-state index in [0.717, 1.165) is 11.4 Å². The molecular weight excluding hydrogens is 186 g/mol. The molecule has 0 radical (unpaired) electrons. The number of aromatic nitrogens is 1. The smallest absolute Gasteiger partial charge is 0.125 e. The summed E-state index contributed by atoms with van der Waals surface area (Å²) in [5.41, 5.74) is 3.52. The van der Waals surface area contributed by atoms with Gasteiger partial charge in [0.1, 0.15) is 5.75 Å². The quantitative estimate of drug-likeness (QED) is 0.739. The summed E-state index contributed by atoms with van der Waals surface area (Å²) in [6.45, 7) is 8.12. The molecule has 2 heteroatoms. The maximum atomic E-state index is 5.30. The Kier molecular flexibility index (Phi) is 4.13. The van der Waals surface area contributed by atoms with Gasteiger partial charge in [-0.05, 0) is 26.7 Å². The molecule has 1 saturated carbocycles. The maximum absolute atomic E-state index is 5.30. The minimum absolute atomic E-state index is 0.703. The van der Waals surface area contributed by atoms with Crippen molar-refractivity contribution in [3.05, 3.63) is 23.0 Å². The van der Waals surface area contributed by atoms with E-state index in [1.807, 2.05) is 26.8 Å². The van der Waals surface area contributed by atoms with Crippen LogP contribution in [0.3, 0.4) is 0 Å². The number of methoxy groups -OCH3 is 1. The molecule has 0 spiro atoms. The average molecular weight is 207 g/mol. The van der Waals surface area contributed by atoms with E-state index in [1.165, 1.54) is 24.1 Å². The Bertz CT molecular complexity index is 330. The van der Waals surface area contributed by atoms with Crippen LogP contribution in [-0.2, 0) is 0 Å². The standard InChI is InChI=1S/C11H15NO.C2H6/c1-7-6-10(13-3)8(2)11(12-7)9-4-5-9;1-2/h6,9H,4-5H2,1-3H3;1-2H3. The summed E-state index contributed by atoms with van der Waals surface area (Å²) in [7, 11) is 1.72. The fourth-order valence-electron chi connectivity index (χ4n) is 1.70. The first-order valence-electron chi connectivity index (χ1n) is 5.74. The highest BCUT2D eigenvalue weighted by molar-refractivity contribution is 5.39. The summed E-state index contributed by atoms with van der Waals surface area (Å²) >= 11 is 0. The normalized spacial score (nSPS) is 14.2. The second-order valence-corrected chi connectivity index (χ2v) is 3.75. The first-order valence-corrected chi connectivity index (χ1v) is 5.74. The van der Waals surface area contributed by atoms with Crippen LogP contribution in [0.25, 0.3) is 0 Å². The highest BCUT2D eigenvalue weighted by Crippen LogP contribution is 2.42. The van der Waals surface area contributed by atoms with Gasteiger partial charge in [0, 0.05) is 23.2 Å². The van der Waals surface area contributed by atoms with Gasteiger partial charge in [-0.2, -0.15) is 0 Å². The molecule has 0 atom stereocenters. The van der Waals surface area contributed by atoms with Gasteiger partial charge in [-0.15, -0.1) is 0 Å². The lowest BCUT2D eigenvalue weighted by atomic mass is 10.1. The SMILES string of the molecule is CC.COc1cc(C)nc(C2CC2)c1C. The summed E-state index contributed by atoms with van der Waals surface area (Å²) in [5.74, 6) is 1.68. The van der Waals surface area contributed by atoms with Crippen LogP contribution < -0.4 is 4.74 Å². The minimum Gasteiger partial charge on any atom is -0.496 e. The Balaban J connectivity index is 0.000000531. The minimum atomic E-state index is 0.703. The number of hydrogen-bond donors (Lipinski definition) is 0.